The van der Waals surface area contributed by atoms with Gasteiger partial charge in [-0.1, -0.05) is 6.07 Å². The fourth-order valence-corrected chi connectivity index (χ4v) is 1.33. The van der Waals surface area contributed by atoms with E-state index in [-0.39, 0.29) is 17.9 Å². The van der Waals surface area contributed by atoms with Gasteiger partial charge in [0.15, 0.2) is 6.10 Å². The van der Waals surface area contributed by atoms with Gasteiger partial charge in [0.2, 0.25) is 0 Å². The standard InChI is InChI=1S/C11H13N3O6/c1-20-9(10(15)16)6-12-11(17)13-7-3-2-4-8(5-7)14(18)19/h2-5,9H,6H2,1H3,(H,15,16)(H2,12,13,17). The summed E-state index contributed by atoms with van der Waals surface area (Å²) in [6.45, 7) is -0.230. The van der Waals surface area contributed by atoms with Gasteiger partial charge in [0.05, 0.1) is 11.5 Å². The Hall–Kier alpha value is -2.68. The zero-order valence-electron chi connectivity index (χ0n) is 10.5. The number of ether oxygens (including phenoxy) is 1. The van der Waals surface area contributed by atoms with Crippen LogP contribution in [0.25, 0.3) is 0 Å². The number of methoxy groups -OCH3 is 1. The van der Waals surface area contributed by atoms with Crippen LogP contribution in [-0.4, -0.2) is 41.8 Å². The fraction of sp³-hybridized carbons (Fsp3) is 0.273. The third kappa shape index (κ3) is 4.53. The van der Waals surface area contributed by atoms with Crippen LogP contribution >= 0.6 is 0 Å². The molecule has 2 amide bonds. The molecule has 0 saturated heterocycles. The molecule has 108 valence electrons. The Morgan fingerprint density at radius 2 is 2.20 bits per heavy atom. The molecule has 0 aliphatic rings. The molecular formula is C11H13N3O6. The highest BCUT2D eigenvalue weighted by Gasteiger charge is 2.17. The average Bonchev–Trinajstić information content (AvgIpc) is 2.39. The SMILES string of the molecule is COC(CNC(=O)Nc1cccc([N+](=O)[O-])c1)C(=O)O. The van der Waals surface area contributed by atoms with Crippen LogP contribution in [0.1, 0.15) is 0 Å². The number of non-ortho nitro benzene ring substituents is 1. The maximum atomic E-state index is 11.5. The number of anilines is 1. The number of nitrogens with one attached hydrogen (secondary N) is 2. The highest BCUT2D eigenvalue weighted by atomic mass is 16.6. The second-order valence-electron chi connectivity index (χ2n) is 3.71. The molecule has 1 rings (SSSR count). The van der Waals surface area contributed by atoms with Gasteiger partial charge in [-0.3, -0.25) is 10.1 Å². The summed E-state index contributed by atoms with van der Waals surface area (Å²) in [5, 5.41) is 23.9. The molecule has 0 saturated carbocycles. The number of carboxylic acids is 1. The van der Waals surface area contributed by atoms with Crippen molar-refractivity contribution in [3.05, 3.63) is 34.4 Å². The Morgan fingerprint density at radius 3 is 2.75 bits per heavy atom. The number of carbonyl (C=O) groups excluding carboxylic acids is 1. The van der Waals surface area contributed by atoms with E-state index in [0.717, 1.165) is 0 Å². The van der Waals surface area contributed by atoms with Crippen molar-refractivity contribution in [1.29, 1.82) is 0 Å². The molecular weight excluding hydrogens is 270 g/mol. The lowest BCUT2D eigenvalue weighted by atomic mass is 10.3. The van der Waals surface area contributed by atoms with Crippen molar-refractivity contribution in [1.82, 2.24) is 5.32 Å². The van der Waals surface area contributed by atoms with Crippen LogP contribution in [0.5, 0.6) is 0 Å². The first-order valence-corrected chi connectivity index (χ1v) is 5.49. The number of nitrogens with zero attached hydrogens (tertiary/aromatic N) is 1. The van der Waals surface area contributed by atoms with Gasteiger partial charge in [-0.2, -0.15) is 0 Å². The molecule has 1 atom stereocenters. The van der Waals surface area contributed by atoms with Crippen molar-refractivity contribution in [2.24, 2.45) is 0 Å². The molecule has 0 aliphatic carbocycles. The molecule has 1 aromatic carbocycles. The number of hydrogen-bond acceptors (Lipinski definition) is 5. The summed E-state index contributed by atoms with van der Waals surface area (Å²) in [6, 6.07) is 4.67. The van der Waals surface area contributed by atoms with Crippen LogP contribution in [0.3, 0.4) is 0 Å². The summed E-state index contributed by atoms with van der Waals surface area (Å²) < 4.78 is 4.63. The number of nitro benzene ring substituents is 1. The molecule has 3 N–H and O–H groups in total. The molecule has 0 aliphatic heterocycles. The van der Waals surface area contributed by atoms with Crippen molar-refractivity contribution in [2.45, 2.75) is 6.10 Å². The van der Waals surface area contributed by atoms with Crippen molar-refractivity contribution in [3.8, 4) is 0 Å². The molecule has 0 fully saturated rings. The molecule has 9 nitrogen and oxygen atoms in total. The van der Waals surface area contributed by atoms with Gasteiger partial charge in [-0.25, -0.2) is 9.59 Å². The Morgan fingerprint density at radius 1 is 1.50 bits per heavy atom. The number of carbonyl (C=O) groups is 2. The van der Waals surface area contributed by atoms with Crippen molar-refractivity contribution in [3.63, 3.8) is 0 Å². The minimum atomic E-state index is -1.21. The number of benzene rings is 1. The minimum Gasteiger partial charge on any atom is -0.479 e. The number of urea groups is 1. The summed E-state index contributed by atoms with van der Waals surface area (Å²) in [5.74, 6) is -1.21. The lowest BCUT2D eigenvalue weighted by Crippen LogP contribution is -2.39. The summed E-state index contributed by atoms with van der Waals surface area (Å²) in [6.07, 6.45) is -1.16. The van der Waals surface area contributed by atoms with E-state index in [9.17, 15) is 19.7 Å². The monoisotopic (exact) mass is 283 g/mol. The van der Waals surface area contributed by atoms with Gasteiger partial charge in [0, 0.05) is 24.9 Å². The molecule has 20 heavy (non-hydrogen) atoms. The Labute approximate surface area is 113 Å². The van der Waals surface area contributed by atoms with E-state index in [4.69, 9.17) is 5.11 Å². The number of rotatable bonds is 6. The highest BCUT2D eigenvalue weighted by Crippen LogP contribution is 2.16. The lowest BCUT2D eigenvalue weighted by Gasteiger charge is -2.12. The summed E-state index contributed by atoms with van der Waals surface area (Å²) in [5.41, 5.74) is 0.0593. The quantitative estimate of drug-likeness (QED) is 0.523. The second kappa shape index (κ2) is 7.04. The molecule has 0 radical (unpaired) electrons. The molecule has 0 aromatic heterocycles. The zero-order valence-corrected chi connectivity index (χ0v) is 10.5. The van der Waals surface area contributed by atoms with Gasteiger partial charge >= 0.3 is 12.0 Å². The number of carboxylic acid groups (broad SMARTS) is 1. The van der Waals surface area contributed by atoms with Gasteiger partial charge < -0.3 is 20.5 Å². The van der Waals surface area contributed by atoms with E-state index in [1.807, 2.05) is 0 Å². The third-order valence-electron chi connectivity index (χ3n) is 2.32. The van der Waals surface area contributed by atoms with Crippen molar-refractivity contribution < 1.29 is 24.4 Å². The lowest BCUT2D eigenvalue weighted by molar-refractivity contribution is -0.384. The fourth-order valence-electron chi connectivity index (χ4n) is 1.33. The smallest absolute Gasteiger partial charge is 0.334 e. The Kier molecular flexibility index (Phi) is 5.42. The van der Waals surface area contributed by atoms with E-state index in [1.54, 1.807) is 0 Å². The van der Waals surface area contributed by atoms with Crippen LogP contribution in [0.4, 0.5) is 16.2 Å². The number of amides is 2. The number of nitro groups is 1. The molecule has 0 spiro atoms. The van der Waals surface area contributed by atoms with Gasteiger partial charge in [-0.15, -0.1) is 0 Å². The minimum absolute atomic E-state index is 0.164. The van der Waals surface area contributed by atoms with E-state index >= 15 is 0 Å². The molecule has 9 heteroatoms. The largest absolute Gasteiger partial charge is 0.479 e. The predicted molar refractivity (Wildman–Crippen MR) is 68.6 cm³/mol. The van der Waals surface area contributed by atoms with Crippen LogP contribution in [0.15, 0.2) is 24.3 Å². The second-order valence-corrected chi connectivity index (χ2v) is 3.71. The van der Waals surface area contributed by atoms with E-state index < -0.39 is 23.0 Å². The maximum Gasteiger partial charge on any atom is 0.334 e. The predicted octanol–water partition coefficient (Wildman–Crippen LogP) is 0.816. The number of hydrogen-bond donors (Lipinski definition) is 3. The third-order valence-corrected chi connectivity index (χ3v) is 2.32. The Balaban J connectivity index is 2.56. The average molecular weight is 283 g/mol. The van der Waals surface area contributed by atoms with Gasteiger partial charge in [0.25, 0.3) is 5.69 Å². The number of aliphatic carboxylic acids is 1. The van der Waals surface area contributed by atoms with Crippen molar-refractivity contribution >= 4 is 23.4 Å². The maximum absolute atomic E-state index is 11.5. The molecule has 1 aromatic rings. The zero-order chi connectivity index (χ0) is 15.1. The topological polar surface area (TPSA) is 131 Å². The molecule has 1 unspecified atom stereocenters. The summed E-state index contributed by atoms with van der Waals surface area (Å²) >= 11 is 0. The van der Waals surface area contributed by atoms with E-state index in [0.29, 0.717) is 0 Å². The summed E-state index contributed by atoms with van der Waals surface area (Å²) in [4.78, 5) is 32.1. The van der Waals surface area contributed by atoms with Crippen LogP contribution < -0.4 is 10.6 Å². The Bertz CT molecular complexity index is 519. The molecule has 0 bridgehead atoms. The van der Waals surface area contributed by atoms with Crippen LogP contribution in [-0.2, 0) is 9.53 Å². The first-order valence-electron chi connectivity index (χ1n) is 5.49. The van der Waals surface area contributed by atoms with Crippen molar-refractivity contribution in [2.75, 3.05) is 19.0 Å². The first kappa shape index (κ1) is 15.4. The van der Waals surface area contributed by atoms with Gasteiger partial charge in [-0.05, 0) is 6.07 Å². The van der Waals surface area contributed by atoms with Crippen LogP contribution in [0, 0.1) is 10.1 Å². The summed E-state index contributed by atoms with van der Waals surface area (Å²) in [7, 11) is 1.21. The molecule has 0 heterocycles. The highest BCUT2D eigenvalue weighted by molar-refractivity contribution is 5.90. The van der Waals surface area contributed by atoms with Gasteiger partial charge in [0.1, 0.15) is 0 Å². The normalized spacial score (nSPS) is 11.4. The van der Waals surface area contributed by atoms with Crippen LogP contribution in [0.2, 0.25) is 0 Å². The first-order chi connectivity index (χ1) is 9.43. The van der Waals surface area contributed by atoms with E-state index in [2.05, 4.69) is 15.4 Å². The van der Waals surface area contributed by atoms with E-state index in [1.165, 1.54) is 31.4 Å².